The smallest absolute Gasteiger partial charge is 0.397 e. The average Bonchev–Trinajstić information content (AvgIpc) is 0.696. The molecule has 0 unspecified atom stereocenters. The van der Waals surface area contributed by atoms with E-state index in [0.29, 0.717) is 183 Å². The molecule has 4 aliphatic heterocycles. The maximum absolute atomic E-state index is 14.1. The summed E-state index contributed by atoms with van der Waals surface area (Å²) in [6.45, 7) is 33.3. The third kappa shape index (κ3) is 18.4. The van der Waals surface area contributed by atoms with Gasteiger partial charge in [0.1, 0.15) is 0 Å². The van der Waals surface area contributed by atoms with Crippen LogP contribution in [0.5, 0.6) is 0 Å². The van der Waals surface area contributed by atoms with E-state index >= 15 is 0 Å². The number of ether oxygens (including phenoxy) is 2. The highest BCUT2D eigenvalue weighted by Crippen LogP contribution is 2.49. The van der Waals surface area contributed by atoms with Crippen molar-refractivity contribution >= 4 is 169 Å². The first-order chi connectivity index (χ1) is 56.6. The summed E-state index contributed by atoms with van der Waals surface area (Å²) in [6, 6.07) is 31.3. The number of aliphatic hydroxyl groups excluding tert-OH is 1. The number of esters is 4. The first-order valence-corrected chi connectivity index (χ1v) is 48.6. The van der Waals surface area contributed by atoms with Crippen LogP contribution < -0.4 is 11.5 Å². The van der Waals surface area contributed by atoms with Crippen molar-refractivity contribution in [3.8, 4) is 0 Å². The van der Waals surface area contributed by atoms with E-state index in [2.05, 4.69) is 0 Å². The molecule has 0 bridgehead atoms. The van der Waals surface area contributed by atoms with E-state index in [1.165, 1.54) is 9.80 Å². The molecule has 10 aromatic rings. The molecule has 0 aliphatic carbocycles. The van der Waals surface area contributed by atoms with Gasteiger partial charge in [0.05, 0.1) is 22.3 Å². The van der Waals surface area contributed by atoms with Crippen LogP contribution in [0.25, 0.3) is 86.2 Å². The van der Waals surface area contributed by atoms with Crippen molar-refractivity contribution in [1.29, 1.82) is 0 Å². The lowest BCUT2D eigenvalue weighted by Gasteiger charge is -2.32. The minimum absolute atomic E-state index is 0.200. The zero-order valence-electron chi connectivity index (χ0n) is 69.4. The number of hydrogen-bond donors (Lipinski definition) is 3. The summed E-state index contributed by atoms with van der Waals surface area (Å²) in [4.78, 5) is 108. The molecule has 4 amide bonds. The maximum atomic E-state index is 14.1. The number of carbonyl (C=O) groups is 8. The topological polar surface area (TPSA) is 345 Å². The Morgan fingerprint density at radius 1 is 0.265 bits per heavy atom. The van der Waals surface area contributed by atoms with Crippen molar-refractivity contribution in [1.82, 2.24) is 9.80 Å². The van der Waals surface area contributed by atoms with Gasteiger partial charge in [0, 0.05) is 167 Å². The molecule has 0 radical (unpaired) electrons. The zero-order chi connectivity index (χ0) is 84.5. The Bertz CT molecular complexity index is 4640. The summed E-state index contributed by atoms with van der Waals surface area (Å²) >= 11 is 0. The molecule has 0 saturated heterocycles. The van der Waals surface area contributed by atoms with E-state index < -0.39 is 59.1 Å². The summed E-state index contributed by atoms with van der Waals surface area (Å²) in [6.07, 6.45) is 2.74. The third-order valence-corrected chi connectivity index (χ3v) is 33.0. The van der Waals surface area contributed by atoms with Crippen LogP contribution in [-0.2, 0) is 62.6 Å². The second-order valence-electron chi connectivity index (χ2n) is 27.4. The predicted octanol–water partition coefficient (Wildman–Crippen LogP) is 14.9. The highest BCUT2D eigenvalue weighted by molar-refractivity contribution is 6.62. The van der Waals surface area contributed by atoms with Crippen LogP contribution in [0.1, 0.15) is 199 Å². The predicted molar refractivity (Wildman–Crippen MR) is 457 cm³/mol. The Labute approximate surface area is 686 Å². The number of aliphatic hydroxyl groups is 1. The Hall–Kier alpha value is -8.37. The van der Waals surface area contributed by atoms with Crippen LogP contribution in [0, 0.1) is 0 Å². The largest absolute Gasteiger partial charge is 0.500 e. The first-order valence-electron chi connectivity index (χ1n) is 40.9. The lowest BCUT2D eigenvalue weighted by atomic mass is 9.82. The van der Waals surface area contributed by atoms with Crippen LogP contribution in [0.4, 0.5) is 0 Å². The SMILES string of the molecule is CCO.CCO[Si](CCCN)(OCC)OCC.CCO[Si](CCCN)(OCC)OCC.CCO[Si](CCCN1C(=O)c2ccc3c4ccc5c6c(ccc(c7ccc(c2c37)C1=O)c64)C(=O)N(CCC[Si](OCC)(OCC)OCC)C5=O)(OCC)OCC.O=C1OC(=O)c2ccc3c4ccc5c6c(ccc(c7ccc1c2c73)c64)C(=O)OC5=O. The van der Waals surface area contributed by atoms with E-state index in [4.69, 9.17) is 79.2 Å². The lowest BCUT2D eigenvalue weighted by Crippen LogP contribution is -2.47. The fraction of sp³-hybridized carbons (Fsp3) is 0.442. The Morgan fingerprint density at radius 3 is 0.598 bits per heavy atom. The van der Waals surface area contributed by atoms with Crippen LogP contribution >= 0.6 is 0 Å². The molecule has 0 atom stereocenters. The van der Waals surface area contributed by atoms with Crippen molar-refractivity contribution in [3.63, 3.8) is 0 Å². The summed E-state index contributed by atoms with van der Waals surface area (Å²) in [5, 5.41) is 19.9. The summed E-state index contributed by atoms with van der Waals surface area (Å²) in [7, 11) is -10.7. The molecule has 4 heterocycles. The Morgan fingerprint density at radius 2 is 0.427 bits per heavy atom. The highest BCUT2D eigenvalue weighted by Gasteiger charge is 2.45. The van der Waals surface area contributed by atoms with Crippen molar-refractivity contribution in [2.24, 2.45) is 11.5 Å². The van der Waals surface area contributed by atoms with Gasteiger partial charge in [0.15, 0.2) is 0 Å². The zero-order valence-corrected chi connectivity index (χ0v) is 73.4. The van der Waals surface area contributed by atoms with Crippen LogP contribution in [-0.4, -0.2) is 210 Å². The minimum Gasteiger partial charge on any atom is -0.397 e. The van der Waals surface area contributed by atoms with E-state index in [1.807, 2.05) is 132 Å². The summed E-state index contributed by atoms with van der Waals surface area (Å²) < 4.78 is 79.7. The van der Waals surface area contributed by atoms with Crippen molar-refractivity contribution in [2.45, 2.75) is 140 Å². The molecular weight excluding hydrogens is 1570 g/mol. The highest BCUT2D eigenvalue weighted by atomic mass is 28.4. The maximum Gasteiger partial charge on any atom is 0.500 e. The second-order valence-corrected chi connectivity index (χ2v) is 38.3. The van der Waals surface area contributed by atoms with Gasteiger partial charge in [-0.25, -0.2) is 19.2 Å². The fourth-order valence-corrected chi connectivity index (χ4v) is 26.7. The molecule has 0 saturated carbocycles. The fourth-order valence-electron chi connectivity index (χ4n) is 16.3. The van der Waals surface area contributed by atoms with Gasteiger partial charge >= 0.3 is 59.1 Å². The van der Waals surface area contributed by atoms with E-state index in [1.54, 1.807) is 55.5 Å². The van der Waals surface area contributed by atoms with Crippen LogP contribution in [0.15, 0.2) is 97.1 Å². The number of cyclic esters (lactones) is 4. The first kappa shape index (κ1) is 90.9. The number of fused-ring (bicyclic) bond motifs is 4. The molecule has 117 heavy (non-hydrogen) atoms. The standard InChI is InChI=1S/C42H50N2O10Si2.C24H8O6.2C9H23NO3Si.C2H6O/c1-7-49-55(50-8-2,51-9-3)25-13-23-43-39(45)31-19-15-27-29-17-21-33-38-34(22-18-30(36(29)38)28-16-20-32(40(43)46)37(31)35(27)28)42(48)44(41(33)47)24-14-26-56(52-10-4,53-11-5)54-12-6;25-21-13-5-1-9-10-2-6-15-20-16(24(28)30-23(15)27)8-4-12(18(10)20)11-3-7-14(22(26)29-21)19(13)17(9)11;2*1-4-11-14(12-5-2,13-6-3)9-7-8-10;1-2-3/h15-22H,7-14,23-26H2,1-6H3;1-8H;2*4-10H2,1-3H3;3H,2H2,1H3. The van der Waals surface area contributed by atoms with Gasteiger partial charge in [-0.1, -0.05) is 48.5 Å². The number of imide groups is 2. The van der Waals surface area contributed by atoms with Gasteiger partial charge in [-0.3, -0.25) is 29.0 Å². The number of carbonyl (C=O) groups excluding carboxylic acids is 8. The molecule has 14 rings (SSSR count). The van der Waals surface area contributed by atoms with Gasteiger partial charge in [-0.05, 0) is 242 Å². The molecular formula is C86H110N4O23Si4. The van der Waals surface area contributed by atoms with Gasteiger partial charge < -0.3 is 79.2 Å². The quantitative estimate of drug-likeness (QED) is 0.00808. The van der Waals surface area contributed by atoms with Crippen molar-refractivity contribution in [3.05, 3.63) is 142 Å². The monoisotopic (exact) mass is 1680 g/mol. The lowest BCUT2D eigenvalue weighted by molar-refractivity contribution is 0.0373. The number of rotatable bonds is 38. The normalized spacial score (nSPS) is 14.1. The molecule has 0 aromatic heterocycles. The van der Waals surface area contributed by atoms with Crippen molar-refractivity contribution < 1.29 is 106 Å². The van der Waals surface area contributed by atoms with Gasteiger partial charge in [0.25, 0.3) is 23.6 Å². The molecule has 31 heteroatoms. The number of nitrogens with zero attached hydrogens (tertiary/aromatic N) is 2. The Balaban J connectivity index is 0.000000195. The number of hydrogen-bond acceptors (Lipinski definition) is 25. The second kappa shape index (κ2) is 41.1. The number of benzene rings is 10. The molecule has 27 nitrogen and oxygen atoms in total. The number of amides is 4. The molecule has 628 valence electrons. The van der Waals surface area contributed by atoms with Gasteiger partial charge in [-0.2, -0.15) is 0 Å². The summed E-state index contributed by atoms with van der Waals surface area (Å²) in [5.41, 5.74) is 14.2. The van der Waals surface area contributed by atoms with Gasteiger partial charge in [0.2, 0.25) is 0 Å². The molecule has 5 N–H and O–H groups in total. The summed E-state index contributed by atoms with van der Waals surface area (Å²) in [5.74, 6) is -4.06. The van der Waals surface area contributed by atoms with E-state index in [-0.39, 0.29) is 43.3 Å². The third-order valence-electron chi connectivity index (χ3n) is 20.4. The van der Waals surface area contributed by atoms with Crippen LogP contribution in [0.3, 0.4) is 0 Å². The minimum atomic E-state index is -2.96. The average molecular weight is 1680 g/mol. The van der Waals surface area contributed by atoms with Crippen molar-refractivity contribution in [2.75, 3.05) is 112 Å². The van der Waals surface area contributed by atoms with Gasteiger partial charge in [-0.15, -0.1) is 0 Å². The molecule has 0 spiro atoms. The Kier molecular flexibility index (Phi) is 31.9. The molecule has 4 aliphatic rings. The van der Waals surface area contributed by atoms with Crippen LogP contribution in [0.2, 0.25) is 24.2 Å². The van der Waals surface area contributed by atoms with E-state index in [0.717, 1.165) is 89.6 Å². The van der Waals surface area contributed by atoms with E-state index in [9.17, 15) is 38.4 Å². The number of nitrogens with two attached hydrogens (primary N) is 2. The molecule has 0 fully saturated rings. The molecule has 10 aromatic carbocycles.